The van der Waals surface area contributed by atoms with Crippen LogP contribution in [0.4, 0.5) is 0 Å². The second kappa shape index (κ2) is 6.05. The lowest BCUT2D eigenvalue weighted by Crippen LogP contribution is -2.08. The van der Waals surface area contributed by atoms with Crippen molar-refractivity contribution in [3.05, 3.63) is 27.1 Å². The molecule has 22 heavy (non-hydrogen) atoms. The van der Waals surface area contributed by atoms with E-state index in [0.717, 1.165) is 18.4 Å². The van der Waals surface area contributed by atoms with E-state index in [-0.39, 0.29) is 6.61 Å². The van der Waals surface area contributed by atoms with E-state index in [1.807, 2.05) is 0 Å². The van der Waals surface area contributed by atoms with Gasteiger partial charge in [-0.25, -0.2) is 14.3 Å². The largest absolute Gasteiger partial charge is 0.462 e. The molecular formula is C15H17Cl2N3O2. The first-order chi connectivity index (χ1) is 10.5. The molecule has 3 rings (SSSR count). The van der Waals surface area contributed by atoms with Crippen molar-refractivity contribution in [2.45, 2.75) is 45.4 Å². The maximum absolute atomic E-state index is 12.1. The van der Waals surface area contributed by atoms with Gasteiger partial charge >= 0.3 is 5.97 Å². The molecule has 1 fully saturated rings. The molecule has 0 unspecified atom stereocenters. The van der Waals surface area contributed by atoms with E-state index >= 15 is 0 Å². The average Bonchev–Trinajstić information content (AvgIpc) is 3.07. The SMILES string of the molecule is CCOC(=O)c1c(C)nn2c(Cl)c(C3CCCC3)c(Cl)nc12. The van der Waals surface area contributed by atoms with Gasteiger partial charge in [0, 0.05) is 5.56 Å². The van der Waals surface area contributed by atoms with Crippen molar-refractivity contribution in [2.24, 2.45) is 0 Å². The third-order valence-corrected chi connectivity index (χ3v) is 4.77. The Morgan fingerprint density at radius 2 is 2.05 bits per heavy atom. The Kier molecular flexibility index (Phi) is 4.28. The fourth-order valence-electron chi connectivity index (χ4n) is 3.10. The molecule has 2 aromatic heterocycles. The topological polar surface area (TPSA) is 56.5 Å². The van der Waals surface area contributed by atoms with Crippen LogP contribution in [0, 0.1) is 6.92 Å². The molecule has 5 nitrogen and oxygen atoms in total. The smallest absolute Gasteiger partial charge is 0.343 e. The molecule has 2 aromatic rings. The number of nitrogens with zero attached hydrogens (tertiary/aromatic N) is 3. The van der Waals surface area contributed by atoms with Crippen molar-refractivity contribution in [1.82, 2.24) is 14.6 Å². The van der Waals surface area contributed by atoms with Crippen LogP contribution < -0.4 is 0 Å². The maximum atomic E-state index is 12.1. The summed E-state index contributed by atoms with van der Waals surface area (Å²) >= 11 is 12.9. The molecule has 2 heterocycles. The van der Waals surface area contributed by atoms with Gasteiger partial charge in [0.2, 0.25) is 0 Å². The second-order valence-electron chi connectivity index (χ2n) is 5.50. The highest BCUT2D eigenvalue weighted by atomic mass is 35.5. The molecule has 0 atom stereocenters. The summed E-state index contributed by atoms with van der Waals surface area (Å²) in [6, 6.07) is 0. The number of rotatable bonds is 3. The number of halogens is 2. The average molecular weight is 342 g/mol. The van der Waals surface area contributed by atoms with Crippen LogP contribution in [0.15, 0.2) is 0 Å². The molecule has 0 radical (unpaired) electrons. The highest BCUT2D eigenvalue weighted by Crippen LogP contribution is 2.41. The van der Waals surface area contributed by atoms with Crippen LogP contribution in [-0.4, -0.2) is 27.2 Å². The van der Waals surface area contributed by atoms with Gasteiger partial charge in [0.25, 0.3) is 0 Å². The van der Waals surface area contributed by atoms with E-state index in [0.29, 0.717) is 33.1 Å². The number of hydrogen-bond acceptors (Lipinski definition) is 4. The molecule has 118 valence electrons. The number of carbonyl (C=O) groups excluding carboxylic acids is 1. The summed E-state index contributed by atoms with van der Waals surface area (Å²) in [4.78, 5) is 16.5. The molecule has 0 spiro atoms. The van der Waals surface area contributed by atoms with Gasteiger partial charge in [-0.1, -0.05) is 36.0 Å². The van der Waals surface area contributed by atoms with E-state index < -0.39 is 5.97 Å². The lowest BCUT2D eigenvalue weighted by molar-refractivity contribution is 0.0527. The number of carbonyl (C=O) groups is 1. The quantitative estimate of drug-likeness (QED) is 0.620. The Morgan fingerprint density at radius 1 is 1.36 bits per heavy atom. The minimum absolute atomic E-state index is 0.289. The predicted octanol–water partition coefficient (Wildman–Crippen LogP) is 4.18. The van der Waals surface area contributed by atoms with Gasteiger partial charge in [0.15, 0.2) is 5.65 Å². The number of hydrogen-bond donors (Lipinski definition) is 0. The van der Waals surface area contributed by atoms with Crippen LogP contribution in [-0.2, 0) is 4.74 Å². The first kappa shape index (κ1) is 15.6. The van der Waals surface area contributed by atoms with E-state index in [1.54, 1.807) is 13.8 Å². The number of esters is 1. The number of fused-ring (bicyclic) bond motifs is 1. The molecule has 0 bridgehead atoms. The van der Waals surface area contributed by atoms with Crippen LogP contribution in [0.2, 0.25) is 10.3 Å². The monoisotopic (exact) mass is 341 g/mol. The van der Waals surface area contributed by atoms with E-state index in [1.165, 1.54) is 17.4 Å². The molecule has 0 saturated heterocycles. The van der Waals surface area contributed by atoms with Gasteiger partial charge in [0.1, 0.15) is 15.9 Å². The van der Waals surface area contributed by atoms with Gasteiger partial charge in [-0.3, -0.25) is 0 Å². The molecule has 1 aliphatic carbocycles. The zero-order valence-corrected chi connectivity index (χ0v) is 14.0. The van der Waals surface area contributed by atoms with Crippen LogP contribution in [0.5, 0.6) is 0 Å². The Hall–Kier alpha value is -1.33. The third kappa shape index (κ3) is 2.46. The Bertz CT molecular complexity index is 736. The first-order valence-electron chi connectivity index (χ1n) is 7.46. The minimum atomic E-state index is -0.455. The molecule has 0 amide bonds. The summed E-state index contributed by atoms with van der Waals surface area (Å²) < 4.78 is 6.57. The summed E-state index contributed by atoms with van der Waals surface area (Å²) in [5.74, 6) is -0.143. The molecule has 1 aliphatic rings. The van der Waals surface area contributed by atoms with Crippen molar-refractivity contribution >= 4 is 34.8 Å². The standard InChI is InChI=1S/C15H17Cl2N3O2/c1-3-22-15(21)10-8(2)19-20-13(17)11(9-6-4-5-7-9)12(16)18-14(10)20/h9H,3-7H2,1-2H3. The number of aromatic nitrogens is 3. The van der Waals surface area contributed by atoms with E-state index in [4.69, 9.17) is 27.9 Å². The van der Waals surface area contributed by atoms with Crippen molar-refractivity contribution in [3.63, 3.8) is 0 Å². The van der Waals surface area contributed by atoms with Crippen molar-refractivity contribution < 1.29 is 9.53 Å². The highest BCUT2D eigenvalue weighted by Gasteiger charge is 2.28. The first-order valence-corrected chi connectivity index (χ1v) is 8.21. The molecule has 7 heteroatoms. The molecule has 0 aliphatic heterocycles. The fraction of sp³-hybridized carbons (Fsp3) is 0.533. The van der Waals surface area contributed by atoms with Gasteiger partial charge in [0.05, 0.1) is 12.3 Å². The zero-order valence-electron chi connectivity index (χ0n) is 12.5. The summed E-state index contributed by atoms with van der Waals surface area (Å²) in [5, 5.41) is 5.15. The zero-order chi connectivity index (χ0) is 15.9. The summed E-state index contributed by atoms with van der Waals surface area (Å²) in [6.45, 7) is 3.78. The third-order valence-electron chi connectivity index (χ3n) is 4.11. The van der Waals surface area contributed by atoms with E-state index in [2.05, 4.69) is 10.1 Å². The summed E-state index contributed by atoms with van der Waals surface area (Å²) in [5.41, 5.74) is 2.05. The van der Waals surface area contributed by atoms with Crippen molar-refractivity contribution in [3.8, 4) is 0 Å². The van der Waals surface area contributed by atoms with Crippen LogP contribution >= 0.6 is 23.2 Å². The maximum Gasteiger partial charge on any atom is 0.343 e. The predicted molar refractivity (Wildman–Crippen MR) is 84.9 cm³/mol. The molecule has 0 aromatic carbocycles. The number of aryl methyl sites for hydroxylation is 1. The Morgan fingerprint density at radius 3 is 2.68 bits per heavy atom. The number of ether oxygens (including phenoxy) is 1. The molecule has 1 saturated carbocycles. The van der Waals surface area contributed by atoms with E-state index in [9.17, 15) is 4.79 Å². The Balaban J connectivity index is 2.19. The molecular weight excluding hydrogens is 325 g/mol. The highest BCUT2D eigenvalue weighted by molar-refractivity contribution is 6.35. The van der Waals surface area contributed by atoms with Gasteiger partial charge in [-0.05, 0) is 32.6 Å². The van der Waals surface area contributed by atoms with Crippen molar-refractivity contribution in [2.75, 3.05) is 6.61 Å². The van der Waals surface area contributed by atoms with Gasteiger partial charge in [-0.2, -0.15) is 5.10 Å². The minimum Gasteiger partial charge on any atom is -0.462 e. The summed E-state index contributed by atoms with van der Waals surface area (Å²) in [7, 11) is 0. The van der Waals surface area contributed by atoms with Gasteiger partial charge in [-0.15, -0.1) is 0 Å². The van der Waals surface area contributed by atoms with Gasteiger partial charge < -0.3 is 4.74 Å². The van der Waals surface area contributed by atoms with Crippen LogP contribution in [0.1, 0.15) is 60.1 Å². The lowest BCUT2D eigenvalue weighted by Gasteiger charge is -2.14. The normalized spacial score (nSPS) is 15.6. The van der Waals surface area contributed by atoms with Crippen molar-refractivity contribution in [1.29, 1.82) is 0 Å². The summed E-state index contributed by atoms with van der Waals surface area (Å²) in [6.07, 6.45) is 4.44. The second-order valence-corrected chi connectivity index (χ2v) is 6.22. The fourth-order valence-corrected chi connectivity index (χ4v) is 3.84. The van der Waals surface area contributed by atoms with Crippen LogP contribution in [0.25, 0.3) is 5.65 Å². The van der Waals surface area contributed by atoms with Crippen LogP contribution in [0.3, 0.4) is 0 Å². The lowest BCUT2D eigenvalue weighted by atomic mass is 10.0. The molecule has 0 N–H and O–H groups in total. The Labute approximate surface area is 138 Å².